The molecule has 0 N–H and O–H groups in total. The van der Waals surface area contributed by atoms with Crippen molar-refractivity contribution in [3.05, 3.63) is 24.3 Å². The Morgan fingerprint density at radius 3 is 1.10 bits per heavy atom. The standard InChI is InChI=1S/C13H17.2C12H22ClN.Ti/c1-3-7-12-10(5-1)9-11-6-2-4-8-13(11)12;2*13-14(11-7-3-1-4-8-11)12-9-5-2-6-10-12;/h1,3,5,7,9-13H,2,4,6,8H2;2*11-12H,1-10H2;. The van der Waals surface area contributed by atoms with Gasteiger partial charge in [0, 0.05) is 24.2 Å². The second-order valence-electron chi connectivity index (χ2n) is 14.9. The molecule has 0 bridgehead atoms. The number of allylic oxidation sites excluding steroid dienone is 4. The normalized spacial score (nSPS) is 34.7. The van der Waals surface area contributed by atoms with Gasteiger partial charge in [-0.3, -0.25) is 0 Å². The molecule has 42 heavy (non-hydrogen) atoms. The van der Waals surface area contributed by atoms with Crippen molar-refractivity contribution >= 4 is 23.6 Å². The number of rotatable bonds is 4. The van der Waals surface area contributed by atoms with Crippen LogP contribution in [0.4, 0.5) is 0 Å². The van der Waals surface area contributed by atoms with Gasteiger partial charge in [-0.15, -0.1) is 0 Å². The van der Waals surface area contributed by atoms with Gasteiger partial charge in [0.2, 0.25) is 0 Å². The first kappa shape index (κ1) is 34.0. The molecule has 2 nitrogen and oxygen atoms in total. The quantitative estimate of drug-likeness (QED) is 0.220. The van der Waals surface area contributed by atoms with E-state index in [1.165, 1.54) is 154 Å². The first-order chi connectivity index (χ1) is 20.6. The summed E-state index contributed by atoms with van der Waals surface area (Å²) < 4.78 is 5.32. The predicted octanol–water partition coefficient (Wildman–Crippen LogP) is 11.7. The summed E-state index contributed by atoms with van der Waals surface area (Å²) in [5.74, 6) is 3.81. The van der Waals surface area contributed by atoms with Crippen LogP contribution >= 0.6 is 23.6 Å². The third-order valence-corrected chi connectivity index (χ3v) is 14.5. The van der Waals surface area contributed by atoms with Gasteiger partial charge in [-0.05, 0) is 74.9 Å². The molecule has 5 unspecified atom stereocenters. The van der Waals surface area contributed by atoms with Gasteiger partial charge in [0.1, 0.15) is 0 Å². The number of hydrogen-bond acceptors (Lipinski definition) is 2. The van der Waals surface area contributed by atoms with Crippen molar-refractivity contribution in [2.45, 2.75) is 182 Å². The van der Waals surface area contributed by atoms with Crippen LogP contribution in [0.1, 0.15) is 154 Å². The second-order valence-corrected chi connectivity index (χ2v) is 16.7. The van der Waals surface area contributed by atoms with E-state index in [1.807, 2.05) is 0 Å². The number of halogens is 2. The number of fused-ring (bicyclic) bond motifs is 3. The Labute approximate surface area is 281 Å². The molecule has 7 rings (SSSR count). The van der Waals surface area contributed by atoms with Crippen LogP contribution in [-0.4, -0.2) is 33.0 Å². The van der Waals surface area contributed by atoms with Crippen molar-refractivity contribution in [1.82, 2.24) is 8.84 Å². The maximum absolute atomic E-state index is 6.47. The van der Waals surface area contributed by atoms with Gasteiger partial charge in [-0.1, -0.05) is 77.0 Å². The van der Waals surface area contributed by atoms with E-state index in [1.54, 1.807) is 0 Å². The molecule has 7 aliphatic carbocycles. The molecule has 0 aliphatic heterocycles. The van der Waals surface area contributed by atoms with Gasteiger partial charge < -0.3 is 0 Å². The van der Waals surface area contributed by atoms with Gasteiger partial charge in [0.15, 0.2) is 0 Å². The van der Waals surface area contributed by atoms with E-state index in [4.69, 9.17) is 23.6 Å². The molecule has 6 fully saturated rings. The minimum atomic E-state index is 0.688. The van der Waals surface area contributed by atoms with Crippen LogP contribution in [-0.2, 0) is 20.4 Å². The van der Waals surface area contributed by atoms with Crippen molar-refractivity contribution in [3.63, 3.8) is 0 Å². The van der Waals surface area contributed by atoms with Gasteiger partial charge in [-0.25, -0.2) is 8.84 Å². The molecule has 0 amide bonds. The fourth-order valence-electron chi connectivity index (χ4n) is 9.73. The zero-order valence-corrected chi connectivity index (χ0v) is 29.7. The summed E-state index contributed by atoms with van der Waals surface area (Å²) in [6.45, 7) is 0. The summed E-state index contributed by atoms with van der Waals surface area (Å²) in [6, 6.07) is 2.75. The Hall–Kier alpha value is 0.694. The van der Waals surface area contributed by atoms with Crippen LogP contribution in [0, 0.1) is 23.7 Å². The van der Waals surface area contributed by atoms with E-state index < -0.39 is 0 Å². The fraction of sp³-hybridized carbons (Fsp3) is 0.892. The molecule has 0 aromatic carbocycles. The van der Waals surface area contributed by atoms with Crippen LogP contribution in [0.25, 0.3) is 0 Å². The predicted molar refractivity (Wildman–Crippen MR) is 177 cm³/mol. The maximum atomic E-state index is 6.47. The van der Waals surface area contributed by atoms with Crippen LogP contribution in [0.5, 0.6) is 0 Å². The molecule has 0 aromatic rings. The molecule has 0 spiro atoms. The summed E-state index contributed by atoms with van der Waals surface area (Å²) in [5, 5.41) is 0. The molecule has 6 saturated carbocycles. The molecule has 7 aliphatic rings. The molecule has 0 heterocycles. The third-order valence-electron chi connectivity index (χ3n) is 12.2. The molecule has 0 saturated heterocycles. The van der Waals surface area contributed by atoms with Crippen LogP contribution in [0.2, 0.25) is 4.22 Å². The molecule has 237 valence electrons. The molecule has 5 atom stereocenters. The van der Waals surface area contributed by atoms with Crippen molar-refractivity contribution in [2.24, 2.45) is 23.7 Å². The van der Waals surface area contributed by atoms with Gasteiger partial charge in [0.25, 0.3) is 0 Å². The zero-order chi connectivity index (χ0) is 29.1. The monoisotopic (exact) mass is 651 g/mol. The van der Waals surface area contributed by atoms with Gasteiger partial charge in [0.05, 0.1) is 0 Å². The molecule has 0 aromatic heterocycles. The Morgan fingerprint density at radius 2 is 0.714 bits per heavy atom. The average molecular weight is 653 g/mol. The fourth-order valence-corrected chi connectivity index (χ4v) is 11.7. The first-order valence-electron chi connectivity index (χ1n) is 18.6. The van der Waals surface area contributed by atoms with E-state index in [-0.39, 0.29) is 0 Å². The number of nitrogens with zero attached hydrogens (tertiary/aromatic N) is 2. The average Bonchev–Trinajstić information content (AvgIpc) is 3.38. The Morgan fingerprint density at radius 1 is 0.405 bits per heavy atom. The molecular formula is C37H61Cl2N2Ti. The molecule has 0 radical (unpaired) electrons. The Kier molecular flexibility index (Phi) is 14.7. The molecule has 5 heteroatoms. The van der Waals surface area contributed by atoms with Crippen LogP contribution in [0.3, 0.4) is 0 Å². The van der Waals surface area contributed by atoms with E-state index in [0.717, 1.165) is 27.9 Å². The summed E-state index contributed by atoms with van der Waals surface area (Å²) in [7, 11) is 0. The summed E-state index contributed by atoms with van der Waals surface area (Å²) in [5.41, 5.74) is 0. The van der Waals surface area contributed by atoms with Crippen LogP contribution in [0.15, 0.2) is 24.3 Å². The van der Waals surface area contributed by atoms with Crippen molar-refractivity contribution in [2.75, 3.05) is 0 Å². The Balaban J connectivity index is 0.000000126. The zero-order valence-electron chi connectivity index (χ0n) is 26.6. The summed E-state index contributed by atoms with van der Waals surface area (Å²) >= 11 is 15.4. The SMILES string of the molecule is ClN(C1CCCCC1)C1CCCCC1.ClN(C1CCCCC1)C1CCCCC1.[Ti][CH]1C2C=CC=CC2C2CCCCC12. The minimum absolute atomic E-state index is 0.688. The van der Waals surface area contributed by atoms with Gasteiger partial charge in [-0.2, -0.15) is 0 Å². The van der Waals surface area contributed by atoms with E-state index in [0.29, 0.717) is 24.2 Å². The van der Waals surface area contributed by atoms with Gasteiger partial charge >= 0.3 is 98.3 Å². The summed E-state index contributed by atoms with van der Waals surface area (Å²) in [4.78, 5) is 0. The summed E-state index contributed by atoms with van der Waals surface area (Å²) in [6.07, 6.45) is 42.9. The topological polar surface area (TPSA) is 6.48 Å². The van der Waals surface area contributed by atoms with E-state index in [2.05, 4.69) is 53.6 Å². The Bertz CT molecular complexity index is 737. The van der Waals surface area contributed by atoms with Crippen molar-refractivity contribution < 1.29 is 20.4 Å². The second kappa shape index (κ2) is 18.1. The number of hydrogen-bond donors (Lipinski definition) is 0. The van der Waals surface area contributed by atoms with Crippen LogP contribution < -0.4 is 0 Å². The first-order valence-corrected chi connectivity index (χ1v) is 20.2. The van der Waals surface area contributed by atoms with Crippen molar-refractivity contribution in [3.8, 4) is 0 Å². The van der Waals surface area contributed by atoms with Crippen molar-refractivity contribution in [1.29, 1.82) is 0 Å². The third kappa shape index (κ3) is 9.38. The van der Waals surface area contributed by atoms with E-state index >= 15 is 0 Å². The molecular weight excluding hydrogens is 591 g/mol. The van der Waals surface area contributed by atoms with E-state index in [9.17, 15) is 0 Å².